The molecule has 0 spiro atoms. The lowest BCUT2D eigenvalue weighted by molar-refractivity contribution is 0.174. The average molecular weight is 448 g/mol. The molecule has 3 aromatic rings. The topological polar surface area (TPSA) is 30.9 Å². The number of methoxy groups -OCH3 is 1. The molecule has 3 heterocycles. The third-order valence-corrected chi connectivity index (χ3v) is 7.07. The molecule has 0 amide bonds. The van der Waals surface area contributed by atoms with E-state index in [1.165, 1.54) is 26.6 Å². The number of benzene rings is 2. The van der Waals surface area contributed by atoms with E-state index in [1.807, 2.05) is 12.1 Å². The lowest BCUT2D eigenvalue weighted by Crippen LogP contribution is -2.18. The van der Waals surface area contributed by atoms with Crippen LogP contribution in [0.4, 0.5) is 5.69 Å². The number of rotatable bonds is 3. The Morgan fingerprint density at radius 1 is 1.12 bits per heavy atom. The molecule has 7 heteroatoms. The van der Waals surface area contributed by atoms with E-state index in [2.05, 4.69) is 50.6 Å². The van der Waals surface area contributed by atoms with Gasteiger partial charge >= 0.3 is 0 Å². The fourth-order valence-electron chi connectivity index (χ4n) is 3.14. The van der Waals surface area contributed by atoms with Crippen LogP contribution in [0.2, 0.25) is 0 Å². The Hall–Kier alpha value is -1.83. The molecule has 0 radical (unpaired) electrons. The Labute approximate surface area is 167 Å². The Bertz CT molecular complexity index is 987. The zero-order valence-corrected chi connectivity index (χ0v) is 17.0. The normalized spacial score (nSPS) is 14.2. The molecule has 5 rings (SSSR count). The summed E-state index contributed by atoms with van der Waals surface area (Å²) >= 11 is 7.12. The minimum atomic E-state index is 0.295. The van der Waals surface area contributed by atoms with Crippen LogP contribution in [0.25, 0.3) is 10.4 Å². The van der Waals surface area contributed by atoms with Crippen molar-refractivity contribution in [3.8, 4) is 27.7 Å². The smallest absolute Gasteiger partial charge is 0.231 e. The number of ether oxygens (including phenoxy) is 3. The maximum absolute atomic E-state index is 5.57. The van der Waals surface area contributed by atoms with Gasteiger partial charge in [-0.1, -0.05) is 0 Å². The van der Waals surface area contributed by atoms with Crippen molar-refractivity contribution in [2.75, 3.05) is 18.2 Å². The fraction of sp³-hybridized carbons (Fsp3) is 0.158. The summed E-state index contributed by atoms with van der Waals surface area (Å²) in [5.41, 5.74) is 3.69. The highest BCUT2D eigenvalue weighted by molar-refractivity contribution is 9.11. The molecule has 0 bridgehead atoms. The van der Waals surface area contributed by atoms with E-state index in [9.17, 15) is 0 Å². The molecule has 0 saturated carbocycles. The first-order chi connectivity index (χ1) is 12.7. The largest absolute Gasteiger partial charge is 0.497 e. The van der Waals surface area contributed by atoms with Crippen molar-refractivity contribution < 1.29 is 14.2 Å². The first kappa shape index (κ1) is 16.4. The zero-order chi connectivity index (χ0) is 17.7. The summed E-state index contributed by atoms with van der Waals surface area (Å²) in [5, 5.41) is 0. The second-order valence-electron chi connectivity index (χ2n) is 5.93. The van der Waals surface area contributed by atoms with E-state index < -0.39 is 0 Å². The molecule has 0 fully saturated rings. The van der Waals surface area contributed by atoms with Gasteiger partial charge in [0.15, 0.2) is 11.5 Å². The van der Waals surface area contributed by atoms with E-state index in [4.69, 9.17) is 14.2 Å². The number of fused-ring (bicyclic) bond motifs is 4. The van der Waals surface area contributed by atoms with Crippen molar-refractivity contribution in [3.05, 3.63) is 51.8 Å². The number of thiophene rings is 1. The Balaban J connectivity index is 1.54. The summed E-state index contributed by atoms with van der Waals surface area (Å²) in [7, 11) is 1.68. The standard InChI is InChI=1S/C19H14BrNO3S2/c1-22-12-2-4-13(5-3-12)26-21-9-11-6-16-17(24-10-23-16)7-14(11)19-15(21)8-18(20)25-19/h2-8H,9-10H2,1H3. The third kappa shape index (κ3) is 2.74. The lowest BCUT2D eigenvalue weighted by Gasteiger charge is -2.29. The molecule has 0 N–H and O–H groups in total. The first-order valence-electron chi connectivity index (χ1n) is 8.03. The number of hydrogen-bond acceptors (Lipinski definition) is 6. The Morgan fingerprint density at radius 2 is 1.88 bits per heavy atom. The summed E-state index contributed by atoms with van der Waals surface area (Å²) in [5.74, 6) is 2.53. The minimum absolute atomic E-state index is 0.295. The Morgan fingerprint density at radius 3 is 2.65 bits per heavy atom. The summed E-state index contributed by atoms with van der Waals surface area (Å²) in [4.78, 5) is 2.42. The van der Waals surface area contributed by atoms with Crippen LogP contribution in [0.5, 0.6) is 17.2 Å². The van der Waals surface area contributed by atoms with Crippen LogP contribution >= 0.6 is 39.2 Å². The van der Waals surface area contributed by atoms with Gasteiger partial charge in [0.05, 0.1) is 28.0 Å². The maximum Gasteiger partial charge on any atom is 0.231 e. The molecule has 0 aliphatic carbocycles. The van der Waals surface area contributed by atoms with E-state index in [0.717, 1.165) is 27.6 Å². The van der Waals surface area contributed by atoms with E-state index in [1.54, 1.807) is 30.4 Å². The second-order valence-corrected chi connectivity index (χ2v) is 9.46. The van der Waals surface area contributed by atoms with Crippen molar-refractivity contribution in [2.45, 2.75) is 11.4 Å². The van der Waals surface area contributed by atoms with E-state index in [0.29, 0.717) is 6.79 Å². The predicted molar refractivity (Wildman–Crippen MR) is 109 cm³/mol. The van der Waals surface area contributed by atoms with Gasteiger partial charge in [-0.2, -0.15) is 0 Å². The van der Waals surface area contributed by atoms with Crippen LogP contribution in [-0.4, -0.2) is 13.9 Å². The van der Waals surface area contributed by atoms with Gasteiger partial charge in [-0.3, -0.25) is 0 Å². The van der Waals surface area contributed by atoms with Crippen LogP contribution in [0, 0.1) is 0 Å². The average Bonchev–Trinajstić information content (AvgIpc) is 3.26. The molecule has 0 saturated heterocycles. The molecule has 1 aromatic heterocycles. The van der Waals surface area contributed by atoms with Gasteiger partial charge in [0.1, 0.15) is 5.75 Å². The van der Waals surface area contributed by atoms with Crippen LogP contribution in [0.15, 0.2) is 51.1 Å². The number of halogens is 1. The maximum atomic E-state index is 5.57. The molecule has 2 aliphatic heterocycles. The monoisotopic (exact) mass is 447 g/mol. The van der Waals surface area contributed by atoms with Gasteiger partial charge in [-0.05, 0) is 75.9 Å². The van der Waals surface area contributed by atoms with Crippen LogP contribution in [0.3, 0.4) is 0 Å². The number of anilines is 1. The van der Waals surface area contributed by atoms with Crippen molar-refractivity contribution in [3.63, 3.8) is 0 Å². The van der Waals surface area contributed by atoms with Crippen molar-refractivity contribution in [2.24, 2.45) is 0 Å². The predicted octanol–water partition coefficient (Wildman–Crippen LogP) is 5.94. The second kappa shape index (κ2) is 6.40. The zero-order valence-electron chi connectivity index (χ0n) is 13.8. The first-order valence-corrected chi connectivity index (χ1v) is 10.4. The van der Waals surface area contributed by atoms with E-state index in [-0.39, 0.29) is 0 Å². The molecular formula is C19H14BrNO3S2. The summed E-state index contributed by atoms with van der Waals surface area (Å²) in [6.07, 6.45) is 0. The Kier molecular flexibility index (Phi) is 4.03. The van der Waals surface area contributed by atoms with Gasteiger partial charge in [-0.15, -0.1) is 11.3 Å². The SMILES string of the molecule is COc1ccc(SN2Cc3cc4c(cc3-c3sc(Br)cc32)OCO4)cc1. The molecule has 2 aromatic carbocycles. The molecule has 26 heavy (non-hydrogen) atoms. The molecule has 2 aliphatic rings. The summed E-state index contributed by atoms with van der Waals surface area (Å²) in [6.45, 7) is 1.10. The van der Waals surface area contributed by atoms with Gasteiger partial charge in [0.25, 0.3) is 0 Å². The van der Waals surface area contributed by atoms with Gasteiger partial charge in [0, 0.05) is 10.5 Å². The quantitative estimate of drug-likeness (QED) is 0.463. The van der Waals surface area contributed by atoms with E-state index >= 15 is 0 Å². The van der Waals surface area contributed by atoms with Gasteiger partial charge in [0.2, 0.25) is 6.79 Å². The highest BCUT2D eigenvalue weighted by Gasteiger charge is 2.28. The van der Waals surface area contributed by atoms with Crippen LogP contribution in [0.1, 0.15) is 5.56 Å². The van der Waals surface area contributed by atoms with Crippen molar-refractivity contribution >= 4 is 44.9 Å². The number of hydrogen-bond donors (Lipinski definition) is 0. The van der Waals surface area contributed by atoms with Gasteiger partial charge < -0.3 is 18.5 Å². The lowest BCUT2D eigenvalue weighted by atomic mass is 10.0. The molecule has 4 nitrogen and oxygen atoms in total. The summed E-state index contributed by atoms with van der Waals surface area (Å²) < 4.78 is 19.8. The fourth-order valence-corrected chi connectivity index (χ4v) is 5.80. The molecular weight excluding hydrogens is 434 g/mol. The van der Waals surface area contributed by atoms with Crippen molar-refractivity contribution in [1.29, 1.82) is 0 Å². The third-order valence-electron chi connectivity index (χ3n) is 4.38. The number of nitrogens with zero attached hydrogens (tertiary/aromatic N) is 1. The highest BCUT2D eigenvalue weighted by atomic mass is 79.9. The minimum Gasteiger partial charge on any atom is -0.497 e. The summed E-state index contributed by atoms with van der Waals surface area (Å²) in [6, 6.07) is 14.5. The highest BCUT2D eigenvalue weighted by Crippen LogP contribution is 2.52. The van der Waals surface area contributed by atoms with Crippen molar-refractivity contribution in [1.82, 2.24) is 0 Å². The van der Waals surface area contributed by atoms with Crippen LogP contribution in [-0.2, 0) is 6.54 Å². The molecule has 132 valence electrons. The molecule has 0 atom stereocenters. The van der Waals surface area contributed by atoms with Gasteiger partial charge in [-0.25, -0.2) is 0 Å². The molecule has 0 unspecified atom stereocenters. The van der Waals surface area contributed by atoms with Crippen LogP contribution < -0.4 is 18.5 Å².